The fourth-order valence-corrected chi connectivity index (χ4v) is 3.49. The Hall–Kier alpha value is -3.02. The van der Waals surface area contributed by atoms with Gasteiger partial charge < -0.3 is 9.42 Å². The highest BCUT2D eigenvalue weighted by molar-refractivity contribution is 5.92. The fraction of sp³-hybridized carbons (Fsp3) is 0.286. The van der Waals surface area contributed by atoms with Crippen molar-refractivity contribution in [3.8, 4) is 11.3 Å². The largest absolute Gasteiger partial charge is 0.356 e. The lowest BCUT2D eigenvalue weighted by atomic mass is 10.0. The highest BCUT2D eigenvalue weighted by Gasteiger charge is 2.30. The maximum Gasteiger partial charge on any atom is 0.273 e. The third-order valence-electron chi connectivity index (χ3n) is 4.90. The summed E-state index contributed by atoms with van der Waals surface area (Å²) < 4.78 is 18.6. The molecule has 4 rings (SSSR count). The van der Waals surface area contributed by atoms with Crippen molar-refractivity contribution in [1.29, 1.82) is 0 Å². The van der Waals surface area contributed by atoms with Crippen LogP contribution in [0, 0.1) is 5.82 Å². The first-order chi connectivity index (χ1) is 13.2. The molecule has 1 saturated heterocycles. The van der Waals surface area contributed by atoms with E-state index in [1.807, 2.05) is 17.0 Å². The van der Waals surface area contributed by atoms with Crippen LogP contribution in [0.1, 0.15) is 47.9 Å². The molecule has 1 fully saturated rings. The van der Waals surface area contributed by atoms with Gasteiger partial charge in [-0.15, -0.1) is 0 Å². The molecule has 1 aliphatic heterocycles. The SMILES string of the molecule is O=C(c1ccccn1)N1CCCCC[C@H]1c1cc(-c2ccc(F)cc2)on1. The van der Waals surface area contributed by atoms with Gasteiger partial charge in [0, 0.05) is 24.4 Å². The van der Waals surface area contributed by atoms with Crippen molar-refractivity contribution in [3.63, 3.8) is 0 Å². The normalized spacial score (nSPS) is 17.5. The number of carbonyl (C=O) groups excluding carboxylic acids is 1. The molecule has 0 saturated carbocycles. The van der Waals surface area contributed by atoms with Gasteiger partial charge >= 0.3 is 0 Å². The zero-order valence-corrected chi connectivity index (χ0v) is 14.8. The van der Waals surface area contributed by atoms with E-state index in [1.165, 1.54) is 12.1 Å². The van der Waals surface area contributed by atoms with Crippen molar-refractivity contribution in [2.45, 2.75) is 31.7 Å². The summed E-state index contributed by atoms with van der Waals surface area (Å²) in [7, 11) is 0. The zero-order chi connectivity index (χ0) is 18.6. The van der Waals surface area contributed by atoms with Gasteiger partial charge in [-0.2, -0.15) is 0 Å². The molecule has 1 amide bonds. The van der Waals surface area contributed by atoms with Gasteiger partial charge in [0.15, 0.2) is 5.76 Å². The molecule has 5 nitrogen and oxygen atoms in total. The van der Waals surface area contributed by atoms with Crippen LogP contribution in [0.3, 0.4) is 0 Å². The van der Waals surface area contributed by atoms with E-state index >= 15 is 0 Å². The first kappa shape index (κ1) is 17.4. The van der Waals surface area contributed by atoms with E-state index in [4.69, 9.17) is 4.52 Å². The summed E-state index contributed by atoms with van der Waals surface area (Å²) in [4.78, 5) is 19.1. The molecule has 0 bridgehead atoms. The number of pyridine rings is 1. The van der Waals surface area contributed by atoms with Crippen LogP contribution >= 0.6 is 0 Å². The first-order valence-corrected chi connectivity index (χ1v) is 9.17. The number of aromatic nitrogens is 2. The van der Waals surface area contributed by atoms with Gasteiger partial charge in [0.05, 0.1) is 6.04 Å². The Morgan fingerprint density at radius 1 is 1.11 bits per heavy atom. The van der Waals surface area contributed by atoms with E-state index < -0.39 is 0 Å². The minimum Gasteiger partial charge on any atom is -0.356 e. The van der Waals surface area contributed by atoms with Crippen LogP contribution < -0.4 is 0 Å². The Morgan fingerprint density at radius 3 is 2.74 bits per heavy atom. The maximum absolute atomic E-state index is 13.1. The molecule has 0 spiro atoms. The van der Waals surface area contributed by atoms with E-state index in [0.717, 1.165) is 36.9 Å². The second-order valence-corrected chi connectivity index (χ2v) is 6.70. The number of amides is 1. The lowest BCUT2D eigenvalue weighted by Gasteiger charge is -2.28. The first-order valence-electron chi connectivity index (χ1n) is 9.17. The average Bonchev–Trinajstić information content (AvgIpc) is 3.06. The number of rotatable bonds is 3. The summed E-state index contributed by atoms with van der Waals surface area (Å²) in [5, 5.41) is 4.22. The number of carbonyl (C=O) groups is 1. The van der Waals surface area contributed by atoms with Crippen LogP contribution in [0.25, 0.3) is 11.3 Å². The smallest absolute Gasteiger partial charge is 0.273 e. The van der Waals surface area contributed by atoms with Gasteiger partial charge in [0.2, 0.25) is 0 Å². The van der Waals surface area contributed by atoms with Gasteiger partial charge in [-0.1, -0.05) is 24.1 Å². The second kappa shape index (κ2) is 7.70. The monoisotopic (exact) mass is 365 g/mol. The van der Waals surface area contributed by atoms with Crippen molar-refractivity contribution in [2.24, 2.45) is 0 Å². The molecule has 6 heteroatoms. The number of halogens is 1. The number of likely N-dealkylation sites (tertiary alicyclic amines) is 1. The van der Waals surface area contributed by atoms with Crippen LogP contribution in [0.2, 0.25) is 0 Å². The molecular weight excluding hydrogens is 345 g/mol. The third kappa shape index (κ3) is 3.74. The molecule has 0 aliphatic carbocycles. The molecule has 1 aliphatic rings. The van der Waals surface area contributed by atoms with Crippen LogP contribution in [0.15, 0.2) is 59.3 Å². The number of benzene rings is 1. The van der Waals surface area contributed by atoms with Gasteiger partial charge in [0.25, 0.3) is 5.91 Å². The Bertz CT molecular complexity index is 909. The maximum atomic E-state index is 13.1. The van der Waals surface area contributed by atoms with E-state index in [9.17, 15) is 9.18 Å². The minimum atomic E-state index is -0.297. The van der Waals surface area contributed by atoms with E-state index in [-0.39, 0.29) is 17.8 Å². The molecule has 2 aromatic heterocycles. The van der Waals surface area contributed by atoms with Crippen LogP contribution in [0.5, 0.6) is 0 Å². The van der Waals surface area contributed by atoms with Crippen molar-refractivity contribution in [3.05, 3.63) is 71.9 Å². The van der Waals surface area contributed by atoms with Crippen LogP contribution in [-0.4, -0.2) is 27.5 Å². The van der Waals surface area contributed by atoms with Crippen molar-refractivity contribution >= 4 is 5.91 Å². The summed E-state index contributed by atoms with van der Waals surface area (Å²) in [5.41, 5.74) is 1.92. The number of nitrogens with zero attached hydrogens (tertiary/aromatic N) is 3. The molecular formula is C21H20FN3O2. The standard InChI is InChI=1S/C21H20FN3O2/c22-16-10-8-15(9-11-16)20-14-18(24-27-20)19-7-2-1-5-13-25(19)21(26)17-6-3-4-12-23-17/h3-4,6,8-12,14,19H,1-2,5,7,13H2/t19-/m0/s1. The quantitative estimate of drug-likeness (QED) is 0.679. The molecule has 3 heterocycles. The predicted molar refractivity (Wildman–Crippen MR) is 98.4 cm³/mol. The zero-order valence-electron chi connectivity index (χ0n) is 14.8. The van der Waals surface area contributed by atoms with Crippen LogP contribution in [-0.2, 0) is 0 Å². The summed E-state index contributed by atoms with van der Waals surface area (Å²) in [6, 6.07) is 13.1. The van der Waals surface area contributed by atoms with Gasteiger partial charge in [-0.25, -0.2) is 4.39 Å². The molecule has 138 valence electrons. The lowest BCUT2D eigenvalue weighted by Crippen LogP contribution is -2.35. The van der Waals surface area contributed by atoms with Crippen molar-refractivity contribution < 1.29 is 13.7 Å². The predicted octanol–water partition coefficient (Wildman–Crippen LogP) is 4.63. The molecule has 27 heavy (non-hydrogen) atoms. The van der Waals surface area contributed by atoms with Gasteiger partial charge in [-0.3, -0.25) is 9.78 Å². The molecule has 0 unspecified atom stereocenters. The second-order valence-electron chi connectivity index (χ2n) is 6.70. The third-order valence-corrected chi connectivity index (χ3v) is 4.90. The Labute approximate surface area is 156 Å². The summed E-state index contributed by atoms with van der Waals surface area (Å²) in [6.07, 6.45) is 5.51. The molecule has 3 aromatic rings. The summed E-state index contributed by atoms with van der Waals surface area (Å²) in [5.74, 6) is 0.183. The molecule has 0 N–H and O–H groups in total. The topological polar surface area (TPSA) is 59.2 Å². The van der Waals surface area contributed by atoms with Crippen molar-refractivity contribution in [2.75, 3.05) is 6.54 Å². The minimum absolute atomic E-state index is 0.0890. The lowest BCUT2D eigenvalue weighted by molar-refractivity contribution is 0.0668. The Kier molecular flexibility index (Phi) is 4.96. The molecule has 1 aromatic carbocycles. The molecule has 0 radical (unpaired) electrons. The average molecular weight is 365 g/mol. The Morgan fingerprint density at radius 2 is 1.96 bits per heavy atom. The van der Waals surface area contributed by atoms with E-state index in [2.05, 4.69) is 10.1 Å². The van der Waals surface area contributed by atoms with E-state index in [1.54, 1.807) is 30.5 Å². The highest BCUT2D eigenvalue weighted by Crippen LogP contribution is 2.33. The van der Waals surface area contributed by atoms with Crippen molar-refractivity contribution in [1.82, 2.24) is 15.0 Å². The fourth-order valence-electron chi connectivity index (χ4n) is 3.49. The Balaban J connectivity index is 1.63. The summed E-state index contributed by atoms with van der Waals surface area (Å²) in [6.45, 7) is 0.665. The number of hydrogen-bond acceptors (Lipinski definition) is 4. The number of hydrogen-bond donors (Lipinski definition) is 0. The molecule has 1 atom stereocenters. The highest BCUT2D eigenvalue weighted by atomic mass is 19.1. The van der Waals surface area contributed by atoms with Gasteiger partial charge in [-0.05, 0) is 49.2 Å². The van der Waals surface area contributed by atoms with Gasteiger partial charge in [0.1, 0.15) is 17.2 Å². The summed E-state index contributed by atoms with van der Waals surface area (Å²) >= 11 is 0. The van der Waals surface area contributed by atoms with Crippen LogP contribution in [0.4, 0.5) is 4.39 Å². The van der Waals surface area contributed by atoms with E-state index in [0.29, 0.717) is 18.0 Å².